The number of hydrogen-bond donors (Lipinski definition) is 0. The Balaban J connectivity index is 1.54. The SMILES string of the molecule is Cc1nc(C(=O)N2CCCC2Cn2nc(C3CC3)ccc2=O)cs1. The summed E-state index contributed by atoms with van der Waals surface area (Å²) in [7, 11) is 0. The zero-order chi connectivity index (χ0) is 16.7. The Morgan fingerprint density at radius 3 is 2.88 bits per heavy atom. The van der Waals surface area contributed by atoms with E-state index in [2.05, 4.69) is 10.1 Å². The number of aryl methyl sites for hydroxylation is 1. The van der Waals surface area contributed by atoms with Crippen LogP contribution in [0.1, 0.15) is 52.8 Å². The number of amides is 1. The standard InChI is InChI=1S/C17H20N4O2S/c1-11-18-15(10-24-11)17(23)20-8-2-3-13(20)9-21-16(22)7-6-14(19-21)12-4-5-12/h6-7,10,12-13H,2-5,8-9H2,1H3. The second-order valence-electron chi connectivity index (χ2n) is 6.60. The fourth-order valence-corrected chi connectivity index (χ4v) is 3.88. The summed E-state index contributed by atoms with van der Waals surface area (Å²) < 4.78 is 1.54. The van der Waals surface area contributed by atoms with Gasteiger partial charge in [-0.1, -0.05) is 0 Å². The van der Waals surface area contributed by atoms with Crippen LogP contribution in [-0.2, 0) is 6.54 Å². The normalized spacial score (nSPS) is 20.5. The van der Waals surface area contributed by atoms with E-state index in [-0.39, 0.29) is 17.5 Å². The van der Waals surface area contributed by atoms with Crippen LogP contribution in [0.2, 0.25) is 0 Å². The lowest BCUT2D eigenvalue weighted by Gasteiger charge is -2.24. The maximum atomic E-state index is 12.7. The lowest BCUT2D eigenvalue weighted by Crippen LogP contribution is -2.40. The molecule has 2 aliphatic rings. The second kappa shape index (κ2) is 6.12. The van der Waals surface area contributed by atoms with Crippen molar-refractivity contribution in [2.75, 3.05) is 6.54 Å². The highest BCUT2D eigenvalue weighted by molar-refractivity contribution is 7.09. The van der Waals surface area contributed by atoms with Gasteiger partial charge < -0.3 is 4.90 Å². The molecule has 1 aliphatic heterocycles. The van der Waals surface area contributed by atoms with Gasteiger partial charge in [-0.15, -0.1) is 11.3 Å². The van der Waals surface area contributed by atoms with E-state index in [0.29, 0.717) is 18.2 Å². The lowest BCUT2D eigenvalue weighted by molar-refractivity contribution is 0.0715. The second-order valence-corrected chi connectivity index (χ2v) is 7.66. The Morgan fingerprint density at radius 1 is 1.33 bits per heavy atom. The summed E-state index contributed by atoms with van der Waals surface area (Å²) in [4.78, 5) is 31.0. The Hall–Kier alpha value is -2.02. The number of aromatic nitrogens is 3. The predicted molar refractivity (Wildman–Crippen MR) is 91.4 cm³/mol. The topological polar surface area (TPSA) is 68.1 Å². The third-order valence-corrected chi connectivity index (χ3v) is 5.52. The number of thiazole rings is 1. The van der Waals surface area contributed by atoms with E-state index in [1.165, 1.54) is 16.0 Å². The third kappa shape index (κ3) is 3.00. The quantitative estimate of drug-likeness (QED) is 0.853. The van der Waals surface area contributed by atoms with Crippen molar-refractivity contribution < 1.29 is 4.79 Å². The smallest absolute Gasteiger partial charge is 0.273 e. The molecule has 0 radical (unpaired) electrons. The number of carbonyl (C=O) groups excluding carboxylic acids is 1. The summed E-state index contributed by atoms with van der Waals surface area (Å²) in [6.07, 6.45) is 4.16. The summed E-state index contributed by atoms with van der Waals surface area (Å²) in [5, 5.41) is 7.22. The molecule has 7 heteroatoms. The summed E-state index contributed by atoms with van der Waals surface area (Å²) in [5.74, 6) is 0.476. The molecule has 3 heterocycles. The van der Waals surface area contributed by atoms with Crippen molar-refractivity contribution in [1.29, 1.82) is 0 Å². The van der Waals surface area contributed by atoms with Crippen LogP contribution >= 0.6 is 11.3 Å². The molecule has 2 aromatic rings. The number of nitrogens with zero attached hydrogens (tertiary/aromatic N) is 4. The summed E-state index contributed by atoms with van der Waals surface area (Å²) in [5.41, 5.74) is 1.42. The van der Waals surface area contributed by atoms with E-state index in [1.807, 2.05) is 23.3 Å². The maximum Gasteiger partial charge on any atom is 0.273 e. The minimum atomic E-state index is -0.0943. The van der Waals surface area contributed by atoms with Gasteiger partial charge in [0.2, 0.25) is 0 Å². The molecule has 0 spiro atoms. The van der Waals surface area contributed by atoms with Gasteiger partial charge in [-0.3, -0.25) is 9.59 Å². The number of hydrogen-bond acceptors (Lipinski definition) is 5. The van der Waals surface area contributed by atoms with E-state index < -0.39 is 0 Å². The molecule has 6 nitrogen and oxygen atoms in total. The van der Waals surface area contributed by atoms with Crippen LogP contribution < -0.4 is 5.56 Å². The van der Waals surface area contributed by atoms with Crippen LogP contribution in [0.5, 0.6) is 0 Å². The maximum absolute atomic E-state index is 12.7. The highest BCUT2D eigenvalue weighted by Gasteiger charge is 2.32. The van der Waals surface area contributed by atoms with Crippen LogP contribution in [0.25, 0.3) is 0 Å². The van der Waals surface area contributed by atoms with Crippen molar-refractivity contribution in [2.45, 2.75) is 51.1 Å². The Labute approximate surface area is 144 Å². The molecule has 0 aromatic carbocycles. The van der Waals surface area contributed by atoms with E-state index >= 15 is 0 Å². The molecule has 1 amide bonds. The van der Waals surface area contributed by atoms with Gasteiger partial charge in [-0.2, -0.15) is 5.10 Å². The molecule has 2 aromatic heterocycles. The number of likely N-dealkylation sites (tertiary alicyclic amines) is 1. The average molecular weight is 344 g/mol. The summed E-state index contributed by atoms with van der Waals surface area (Å²) in [6.45, 7) is 3.08. The first kappa shape index (κ1) is 15.5. The van der Waals surface area contributed by atoms with E-state index in [1.54, 1.807) is 6.07 Å². The van der Waals surface area contributed by atoms with Gasteiger partial charge in [0.15, 0.2) is 0 Å². The Morgan fingerprint density at radius 2 is 2.17 bits per heavy atom. The van der Waals surface area contributed by atoms with Gasteiger partial charge in [-0.25, -0.2) is 9.67 Å². The zero-order valence-corrected chi connectivity index (χ0v) is 14.5. The van der Waals surface area contributed by atoms with Crippen LogP contribution in [0.3, 0.4) is 0 Å². The fourth-order valence-electron chi connectivity index (χ4n) is 3.29. The molecule has 1 saturated heterocycles. The van der Waals surface area contributed by atoms with Crippen molar-refractivity contribution >= 4 is 17.2 Å². The molecule has 0 N–H and O–H groups in total. The summed E-state index contributed by atoms with van der Waals surface area (Å²) in [6, 6.07) is 3.46. The molecule has 1 saturated carbocycles. The molecular weight excluding hydrogens is 324 g/mol. The van der Waals surface area contributed by atoms with E-state index in [4.69, 9.17) is 0 Å². The molecule has 1 unspecified atom stereocenters. The molecule has 4 rings (SSSR count). The number of rotatable bonds is 4. The van der Waals surface area contributed by atoms with Gasteiger partial charge in [0.1, 0.15) is 5.69 Å². The first-order chi connectivity index (χ1) is 11.6. The molecule has 24 heavy (non-hydrogen) atoms. The van der Waals surface area contributed by atoms with Crippen molar-refractivity contribution in [3.63, 3.8) is 0 Å². The average Bonchev–Trinajstić information content (AvgIpc) is 3.17. The van der Waals surface area contributed by atoms with E-state index in [0.717, 1.165) is 42.9 Å². The van der Waals surface area contributed by atoms with Gasteiger partial charge >= 0.3 is 0 Å². The van der Waals surface area contributed by atoms with Crippen molar-refractivity contribution in [3.05, 3.63) is 44.3 Å². The van der Waals surface area contributed by atoms with E-state index in [9.17, 15) is 9.59 Å². The van der Waals surface area contributed by atoms with Crippen LogP contribution in [0.15, 0.2) is 22.3 Å². The number of carbonyl (C=O) groups is 1. The van der Waals surface area contributed by atoms with Crippen molar-refractivity contribution in [2.24, 2.45) is 0 Å². The monoisotopic (exact) mass is 344 g/mol. The predicted octanol–water partition coefficient (Wildman–Crippen LogP) is 2.19. The summed E-state index contributed by atoms with van der Waals surface area (Å²) >= 11 is 1.49. The lowest BCUT2D eigenvalue weighted by atomic mass is 10.2. The van der Waals surface area contributed by atoms with Crippen molar-refractivity contribution in [3.8, 4) is 0 Å². The first-order valence-corrected chi connectivity index (χ1v) is 9.31. The first-order valence-electron chi connectivity index (χ1n) is 8.43. The molecular formula is C17H20N4O2S. The minimum Gasteiger partial charge on any atom is -0.332 e. The van der Waals surface area contributed by atoms with Gasteiger partial charge in [0, 0.05) is 23.9 Å². The highest BCUT2D eigenvalue weighted by atomic mass is 32.1. The highest BCUT2D eigenvalue weighted by Crippen LogP contribution is 2.38. The van der Waals surface area contributed by atoms with Crippen LogP contribution in [0.4, 0.5) is 0 Å². The van der Waals surface area contributed by atoms with Gasteiger partial charge in [0.25, 0.3) is 11.5 Å². The van der Waals surface area contributed by atoms with Crippen LogP contribution in [-0.4, -0.2) is 38.2 Å². The molecule has 1 aliphatic carbocycles. The zero-order valence-electron chi connectivity index (χ0n) is 13.6. The van der Waals surface area contributed by atoms with Gasteiger partial charge in [0.05, 0.1) is 23.3 Å². The van der Waals surface area contributed by atoms with Crippen molar-refractivity contribution in [1.82, 2.24) is 19.7 Å². The molecule has 2 fully saturated rings. The van der Waals surface area contributed by atoms with Gasteiger partial charge in [-0.05, 0) is 38.7 Å². The third-order valence-electron chi connectivity index (χ3n) is 4.74. The molecule has 1 atom stereocenters. The Bertz CT molecular complexity index is 824. The Kier molecular flexibility index (Phi) is 3.96. The fraction of sp³-hybridized carbons (Fsp3) is 0.529. The largest absolute Gasteiger partial charge is 0.332 e. The molecule has 126 valence electrons. The molecule has 0 bridgehead atoms. The van der Waals surface area contributed by atoms with Crippen LogP contribution in [0, 0.1) is 6.92 Å². The minimum absolute atomic E-state index is 0.0131.